The molecule has 0 aliphatic carbocycles. The Morgan fingerprint density at radius 2 is 1.75 bits per heavy atom. The van der Waals surface area contributed by atoms with Crippen molar-refractivity contribution in [2.75, 3.05) is 26.2 Å². The SMILES string of the molecule is CC(=O)CCC(=O)N1CCN(C(=O)c2ccco2)CC1. The quantitative estimate of drug-likeness (QED) is 0.821. The van der Waals surface area contributed by atoms with Crippen molar-refractivity contribution in [3.05, 3.63) is 24.2 Å². The van der Waals surface area contributed by atoms with E-state index in [4.69, 9.17) is 4.42 Å². The number of amides is 2. The molecule has 1 aromatic rings. The molecule has 2 heterocycles. The van der Waals surface area contributed by atoms with Crippen molar-refractivity contribution >= 4 is 17.6 Å². The minimum Gasteiger partial charge on any atom is -0.459 e. The van der Waals surface area contributed by atoms with E-state index < -0.39 is 0 Å². The lowest BCUT2D eigenvalue weighted by molar-refractivity contribution is -0.134. The zero-order valence-electron chi connectivity index (χ0n) is 11.5. The molecule has 2 amide bonds. The fourth-order valence-electron chi connectivity index (χ4n) is 2.16. The van der Waals surface area contributed by atoms with Gasteiger partial charge >= 0.3 is 0 Å². The normalized spacial score (nSPS) is 15.2. The molecule has 0 saturated carbocycles. The Bertz CT molecular complexity index is 487. The zero-order chi connectivity index (χ0) is 14.5. The van der Waals surface area contributed by atoms with E-state index in [1.54, 1.807) is 21.9 Å². The molecular weight excluding hydrogens is 260 g/mol. The maximum Gasteiger partial charge on any atom is 0.289 e. The molecule has 0 bridgehead atoms. The highest BCUT2D eigenvalue weighted by molar-refractivity contribution is 5.91. The molecule has 1 aromatic heterocycles. The van der Waals surface area contributed by atoms with Gasteiger partial charge in [-0.25, -0.2) is 0 Å². The van der Waals surface area contributed by atoms with Gasteiger partial charge in [0.25, 0.3) is 5.91 Å². The van der Waals surface area contributed by atoms with Crippen molar-refractivity contribution < 1.29 is 18.8 Å². The van der Waals surface area contributed by atoms with Gasteiger partial charge in [0.1, 0.15) is 5.78 Å². The van der Waals surface area contributed by atoms with E-state index in [9.17, 15) is 14.4 Å². The van der Waals surface area contributed by atoms with Crippen molar-refractivity contribution in [1.29, 1.82) is 0 Å². The Labute approximate surface area is 117 Å². The highest BCUT2D eigenvalue weighted by Gasteiger charge is 2.25. The lowest BCUT2D eigenvalue weighted by atomic mass is 10.2. The van der Waals surface area contributed by atoms with Gasteiger partial charge in [-0.2, -0.15) is 0 Å². The molecule has 1 saturated heterocycles. The summed E-state index contributed by atoms with van der Waals surface area (Å²) in [5.41, 5.74) is 0. The summed E-state index contributed by atoms with van der Waals surface area (Å²) < 4.78 is 5.08. The van der Waals surface area contributed by atoms with E-state index in [2.05, 4.69) is 0 Å². The zero-order valence-corrected chi connectivity index (χ0v) is 11.5. The number of furan rings is 1. The number of piperazine rings is 1. The molecule has 1 fully saturated rings. The molecule has 0 spiro atoms. The van der Waals surface area contributed by atoms with Crippen molar-refractivity contribution in [3.8, 4) is 0 Å². The standard InChI is InChI=1S/C14H18N2O4/c1-11(17)4-5-13(18)15-6-8-16(9-7-15)14(19)12-3-2-10-20-12/h2-3,10H,4-9H2,1H3. The molecular formula is C14H18N2O4. The lowest BCUT2D eigenvalue weighted by Crippen LogP contribution is -2.50. The molecule has 0 aromatic carbocycles. The summed E-state index contributed by atoms with van der Waals surface area (Å²) >= 11 is 0. The van der Waals surface area contributed by atoms with E-state index in [1.165, 1.54) is 13.2 Å². The second kappa shape index (κ2) is 6.36. The van der Waals surface area contributed by atoms with Gasteiger partial charge in [0.2, 0.25) is 5.91 Å². The Morgan fingerprint density at radius 3 is 2.30 bits per heavy atom. The van der Waals surface area contributed by atoms with E-state index in [0.717, 1.165) is 0 Å². The topological polar surface area (TPSA) is 70.8 Å². The maximum absolute atomic E-state index is 12.0. The van der Waals surface area contributed by atoms with Gasteiger partial charge in [-0.1, -0.05) is 0 Å². The monoisotopic (exact) mass is 278 g/mol. The summed E-state index contributed by atoms with van der Waals surface area (Å²) in [6.45, 7) is 3.47. The molecule has 0 unspecified atom stereocenters. The average molecular weight is 278 g/mol. The predicted molar refractivity (Wildman–Crippen MR) is 71.1 cm³/mol. The Morgan fingerprint density at radius 1 is 1.10 bits per heavy atom. The third-order valence-electron chi connectivity index (χ3n) is 3.34. The van der Waals surface area contributed by atoms with Crippen LogP contribution in [0.15, 0.2) is 22.8 Å². The van der Waals surface area contributed by atoms with Crippen LogP contribution in [-0.4, -0.2) is 53.6 Å². The maximum atomic E-state index is 12.0. The lowest BCUT2D eigenvalue weighted by Gasteiger charge is -2.34. The third kappa shape index (κ3) is 3.46. The first-order valence-electron chi connectivity index (χ1n) is 6.68. The second-order valence-electron chi connectivity index (χ2n) is 4.85. The molecule has 1 aliphatic heterocycles. The smallest absolute Gasteiger partial charge is 0.289 e. The van der Waals surface area contributed by atoms with Crippen LogP contribution in [0.25, 0.3) is 0 Å². The number of hydrogen-bond donors (Lipinski definition) is 0. The fourth-order valence-corrected chi connectivity index (χ4v) is 2.16. The number of nitrogens with zero attached hydrogens (tertiary/aromatic N) is 2. The predicted octanol–water partition coefficient (Wildman–Crippen LogP) is 0.933. The molecule has 2 rings (SSSR count). The third-order valence-corrected chi connectivity index (χ3v) is 3.34. The molecule has 1 aliphatic rings. The van der Waals surface area contributed by atoms with Crippen LogP contribution in [0.5, 0.6) is 0 Å². The minimum atomic E-state index is -0.147. The van der Waals surface area contributed by atoms with Crippen molar-refractivity contribution in [2.45, 2.75) is 19.8 Å². The molecule has 0 atom stereocenters. The number of carbonyl (C=O) groups excluding carboxylic acids is 3. The van der Waals surface area contributed by atoms with Crippen LogP contribution in [0.3, 0.4) is 0 Å². The molecule has 6 heteroatoms. The highest BCUT2D eigenvalue weighted by Crippen LogP contribution is 2.10. The highest BCUT2D eigenvalue weighted by atomic mass is 16.3. The molecule has 6 nitrogen and oxygen atoms in total. The van der Waals surface area contributed by atoms with Crippen LogP contribution in [0.2, 0.25) is 0 Å². The summed E-state index contributed by atoms with van der Waals surface area (Å²) in [7, 11) is 0. The van der Waals surface area contributed by atoms with Gasteiger partial charge in [-0.05, 0) is 19.1 Å². The average Bonchev–Trinajstić information content (AvgIpc) is 2.98. The van der Waals surface area contributed by atoms with E-state index in [1.807, 2.05) is 0 Å². The van der Waals surface area contributed by atoms with E-state index in [0.29, 0.717) is 31.9 Å². The van der Waals surface area contributed by atoms with E-state index >= 15 is 0 Å². The Hall–Kier alpha value is -2.11. The van der Waals surface area contributed by atoms with Crippen molar-refractivity contribution in [1.82, 2.24) is 9.80 Å². The number of Topliss-reactive ketones (excluding diaryl/α,β-unsaturated/α-hetero) is 1. The largest absolute Gasteiger partial charge is 0.459 e. The van der Waals surface area contributed by atoms with Gasteiger partial charge in [0.15, 0.2) is 5.76 Å². The van der Waals surface area contributed by atoms with Crippen LogP contribution < -0.4 is 0 Å². The minimum absolute atomic E-state index is 0.0185. The number of ketones is 1. The summed E-state index contributed by atoms with van der Waals surface area (Å²) in [4.78, 5) is 38.1. The Balaban J connectivity index is 1.82. The molecule has 20 heavy (non-hydrogen) atoms. The van der Waals surface area contributed by atoms with Gasteiger partial charge in [0.05, 0.1) is 6.26 Å². The molecule has 108 valence electrons. The van der Waals surface area contributed by atoms with Crippen LogP contribution in [0.4, 0.5) is 0 Å². The van der Waals surface area contributed by atoms with Gasteiger partial charge in [-0.15, -0.1) is 0 Å². The first kappa shape index (κ1) is 14.3. The number of rotatable bonds is 4. The first-order chi connectivity index (χ1) is 9.58. The number of hydrogen-bond acceptors (Lipinski definition) is 4. The summed E-state index contributed by atoms with van der Waals surface area (Å²) in [5, 5.41) is 0. The van der Waals surface area contributed by atoms with Gasteiger partial charge in [0, 0.05) is 39.0 Å². The van der Waals surface area contributed by atoms with E-state index in [-0.39, 0.29) is 30.4 Å². The van der Waals surface area contributed by atoms with Gasteiger partial charge in [-0.3, -0.25) is 9.59 Å². The second-order valence-corrected chi connectivity index (χ2v) is 4.85. The molecule has 0 radical (unpaired) electrons. The summed E-state index contributed by atoms with van der Waals surface area (Å²) in [5.74, 6) is 0.169. The first-order valence-corrected chi connectivity index (χ1v) is 6.68. The van der Waals surface area contributed by atoms with Gasteiger partial charge < -0.3 is 19.0 Å². The molecule has 0 N–H and O–H groups in total. The van der Waals surface area contributed by atoms with Crippen molar-refractivity contribution in [2.24, 2.45) is 0 Å². The van der Waals surface area contributed by atoms with Crippen LogP contribution >= 0.6 is 0 Å². The fraction of sp³-hybridized carbons (Fsp3) is 0.500. The summed E-state index contributed by atoms with van der Waals surface area (Å²) in [6.07, 6.45) is 2.00. The summed E-state index contributed by atoms with van der Waals surface area (Å²) in [6, 6.07) is 3.31. The number of carbonyl (C=O) groups is 3. The van der Waals surface area contributed by atoms with Crippen molar-refractivity contribution in [3.63, 3.8) is 0 Å². The van der Waals surface area contributed by atoms with Crippen LogP contribution in [0.1, 0.15) is 30.3 Å². The van der Waals surface area contributed by atoms with Crippen LogP contribution in [0, 0.1) is 0 Å². The Kier molecular flexibility index (Phi) is 4.55. The van der Waals surface area contributed by atoms with Crippen LogP contribution in [-0.2, 0) is 9.59 Å².